The highest BCUT2D eigenvalue weighted by molar-refractivity contribution is 5.18. The highest BCUT2D eigenvalue weighted by atomic mass is 14.2. The van der Waals surface area contributed by atoms with Crippen LogP contribution in [0.25, 0.3) is 0 Å². The van der Waals surface area contributed by atoms with Crippen LogP contribution in [0.2, 0.25) is 0 Å². The van der Waals surface area contributed by atoms with E-state index < -0.39 is 0 Å². The van der Waals surface area contributed by atoms with Gasteiger partial charge in [0.1, 0.15) is 0 Å². The SMILES string of the molecule is C/C=C/CC/C=C/CC/C=C/CC/C=C/CC/C=C/CC(C)/C(C)=C(\C)C(C)(C)C. The van der Waals surface area contributed by atoms with Crippen molar-refractivity contribution >= 4 is 0 Å². The molecule has 0 aromatic heterocycles. The van der Waals surface area contributed by atoms with Crippen molar-refractivity contribution in [2.45, 2.75) is 106 Å². The van der Waals surface area contributed by atoms with Crippen LogP contribution in [0.15, 0.2) is 71.9 Å². The summed E-state index contributed by atoms with van der Waals surface area (Å²) < 4.78 is 0. The lowest BCUT2D eigenvalue weighted by atomic mass is 9.81. The van der Waals surface area contributed by atoms with Gasteiger partial charge in [-0.2, -0.15) is 0 Å². The molecule has 0 heteroatoms. The maximum absolute atomic E-state index is 2.37. The first-order valence-electron chi connectivity index (χ1n) is 12.2. The highest BCUT2D eigenvalue weighted by Gasteiger charge is 2.17. The van der Waals surface area contributed by atoms with E-state index in [0.29, 0.717) is 5.92 Å². The van der Waals surface area contributed by atoms with Gasteiger partial charge in [0.05, 0.1) is 0 Å². The minimum Gasteiger partial charge on any atom is -0.0917 e. The summed E-state index contributed by atoms with van der Waals surface area (Å²) in [5, 5.41) is 0. The number of hydrogen-bond acceptors (Lipinski definition) is 0. The van der Waals surface area contributed by atoms with Crippen LogP contribution in [0, 0.1) is 11.3 Å². The molecule has 0 radical (unpaired) electrons. The van der Waals surface area contributed by atoms with E-state index in [9.17, 15) is 0 Å². The van der Waals surface area contributed by atoms with Crippen LogP contribution in [-0.2, 0) is 0 Å². The van der Waals surface area contributed by atoms with Crippen LogP contribution in [0.4, 0.5) is 0 Å². The van der Waals surface area contributed by atoms with Crippen LogP contribution in [0.1, 0.15) is 106 Å². The Morgan fingerprint density at radius 2 is 0.933 bits per heavy atom. The molecule has 30 heavy (non-hydrogen) atoms. The van der Waals surface area contributed by atoms with Gasteiger partial charge in [0.15, 0.2) is 0 Å². The van der Waals surface area contributed by atoms with Crippen molar-refractivity contribution in [1.29, 1.82) is 0 Å². The predicted molar refractivity (Wildman–Crippen MR) is 140 cm³/mol. The largest absolute Gasteiger partial charge is 0.0917 e. The van der Waals surface area contributed by atoms with E-state index in [-0.39, 0.29) is 5.41 Å². The van der Waals surface area contributed by atoms with Gasteiger partial charge in [-0.25, -0.2) is 0 Å². The van der Waals surface area contributed by atoms with Crippen LogP contribution in [0.5, 0.6) is 0 Å². The van der Waals surface area contributed by atoms with Gasteiger partial charge >= 0.3 is 0 Å². The summed E-state index contributed by atoms with van der Waals surface area (Å²) in [7, 11) is 0. The molecule has 0 aromatic carbocycles. The van der Waals surface area contributed by atoms with Gasteiger partial charge in [-0.3, -0.25) is 0 Å². The summed E-state index contributed by atoms with van der Waals surface area (Å²) in [6, 6.07) is 0. The first-order chi connectivity index (χ1) is 14.3. The van der Waals surface area contributed by atoms with E-state index >= 15 is 0 Å². The maximum Gasteiger partial charge on any atom is -0.0173 e. The molecule has 0 nitrogen and oxygen atoms in total. The van der Waals surface area contributed by atoms with E-state index in [2.05, 4.69) is 109 Å². The molecule has 0 saturated heterocycles. The van der Waals surface area contributed by atoms with Crippen molar-refractivity contribution in [2.75, 3.05) is 0 Å². The summed E-state index contributed by atoms with van der Waals surface area (Å²) in [5.74, 6) is 0.636. The quantitative estimate of drug-likeness (QED) is 0.186. The first kappa shape index (κ1) is 28.4. The molecule has 0 aliphatic carbocycles. The van der Waals surface area contributed by atoms with Crippen molar-refractivity contribution in [3.05, 3.63) is 71.9 Å². The Labute approximate surface area is 189 Å². The second-order valence-electron chi connectivity index (χ2n) is 9.46. The summed E-state index contributed by atoms with van der Waals surface area (Å²) in [6.07, 6.45) is 33.5. The van der Waals surface area contributed by atoms with Crippen molar-refractivity contribution in [1.82, 2.24) is 0 Å². The molecule has 0 aromatic rings. The zero-order valence-electron chi connectivity index (χ0n) is 21.2. The molecule has 0 aliphatic heterocycles. The van der Waals surface area contributed by atoms with Gasteiger partial charge in [-0.1, -0.05) is 99.6 Å². The Kier molecular flexibility index (Phi) is 17.3. The fraction of sp³-hybridized carbons (Fsp3) is 0.600. The normalized spacial score (nSPS) is 15.4. The molecule has 0 rings (SSSR count). The van der Waals surface area contributed by atoms with Crippen LogP contribution in [-0.4, -0.2) is 0 Å². The highest BCUT2D eigenvalue weighted by Crippen LogP contribution is 2.31. The average Bonchev–Trinajstić information content (AvgIpc) is 2.70. The van der Waals surface area contributed by atoms with Gasteiger partial charge < -0.3 is 0 Å². The summed E-state index contributed by atoms with van der Waals surface area (Å²) >= 11 is 0. The molecule has 0 N–H and O–H groups in total. The van der Waals surface area contributed by atoms with Gasteiger partial charge in [0, 0.05) is 0 Å². The van der Waals surface area contributed by atoms with Crippen LogP contribution < -0.4 is 0 Å². The van der Waals surface area contributed by atoms with Crippen molar-refractivity contribution < 1.29 is 0 Å². The second-order valence-corrected chi connectivity index (χ2v) is 9.46. The molecule has 0 spiro atoms. The van der Waals surface area contributed by atoms with Gasteiger partial charge in [0.25, 0.3) is 0 Å². The van der Waals surface area contributed by atoms with E-state index in [1.165, 1.54) is 12.0 Å². The molecule has 0 fully saturated rings. The number of hydrogen-bond donors (Lipinski definition) is 0. The summed E-state index contributed by atoms with van der Waals surface area (Å²) in [5.41, 5.74) is 3.38. The average molecular weight is 411 g/mol. The monoisotopic (exact) mass is 410 g/mol. The number of allylic oxidation sites excluding steroid dienone is 12. The fourth-order valence-corrected chi connectivity index (χ4v) is 3.20. The van der Waals surface area contributed by atoms with E-state index in [1.54, 1.807) is 5.57 Å². The molecular weight excluding hydrogens is 360 g/mol. The first-order valence-corrected chi connectivity index (χ1v) is 12.2. The lowest BCUT2D eigenvalue weighted by Crippen LogP contribution is -2.11. The third kappa shape index (κ3) is 16.3. The molecular formula is C30H50. The minimum absolute atomic E-state index is 0.283. The van der Waals surface area contributed by atoms with Crippen molar-refractivity contribution in [3.8, 4) is 0 Å². The Bertz CT molecular complexity index is 584. The molecule has 0 saturated carbocycles. The zero-order chi connectivity index (χ0) is 22.7. The molecule has 1 atom stereocenters. The minimum atomic E-state index is 0.283. The van der Waals surface area contributed by atoms with Crippen molar-refractivity contribution in [3.63, 3.8) is 0 Å². The van der Waals surface area contributed by atoms with Gasteiger partial charge in [-0.05, 0) is 89.9 Å². The van der Waals surface area contributed by atoms with E-state index in [1.807, 2.05) is 0 Å². The Balaban J connectivity index is 3.78. The molecule has 0 amide bonds. The topological polar surface area (TPSA) is 0 Å². The third-order valence-corrected chi connectivity index (χ3v) is 5.85. The number of unbranched alkanes of at least 4 members (excludes halogenated alkanes) is 4. The molecule has 170 valence electrons. The van der Waals surface area contributed by atoms with Gasteiger partial charge in [-0.15, -0.1) is 0 Å². The van der Waals surface area contributed by atoms with E-state index in [0.717, 1.165) is 51.4 Å². The van der Waals surface area contributed by atoms with Crippen molar-refractivity contribution in [2.24, 2.45) is 11.3 Å². The van der Waals surface area contributed by atoms with Crippen LogP contribution >= 0.6 is 0 Å². The Morgan fingerprint density at radius 3 is 1.27 bits per heavy atom. The Morgan fingerprint density at radius 1 is 0.600 bits per heavy atom. The lowest BCUT2D eigenvalue weighted by molar-refractivity contribution is 0.486. The van der Waals surface area contributed by atoms with Crippen LogP contribution in [0.3, 0.4) is 0 Å². The lowest BCUT2D eigenvalue weighted by Gasteiger charge is -2.25. The summed E-state index contributed by atoms with van der Waals surface area (Å²) in [4.78, 5) is 0. The zero-order valence-corrected chi connectivity index (χ0v) is 21.2. The van der Waals surface area contributed by atoms with E-state index in [4.69, 9.17) is 0 Å². The standard InChI is InChI=1S/C30H50/c1-8-9-10-11-12-13-14-15-16-17-18-19-20-21-22-23-24-25-26-27(2)28(3)29(4)30(5,6)7/h8-9,12-13,16-17,20-21,24-25,27H,10-11,14-15,18-19,22-23,26H2,1-7H3/b9-8+,13-12+,17-16+,21-20+,25-24+,29-28+. The Hall–Kier alpha value is -1.56. The predicted octanol–water partition coefficient (Wildman–Crippen LogP) is 10.3. The molecule has 0 aliphatic rings. The maximum atomic E-state index is 2.37. The molecule has 0 bridgehead atoms. The fourth-order valence-electron chi connectivity index (χ4n) is 3.20. The molecule has 0 heterocycles. The second kappa shape index (κ2) is 18.2. The summed E-state index contributed by atoms with van der Waals surface area (Å²) in [6.45, 7) is 16.0. The third-order valence-electron chi connectivity index (χ3n) is 5.85. The smallest absolute Gasteiger partial charge is 0.0173 e. The van der Waals surface area contributed by atoms with Gasteiger partial charge in [0.2, 0.25) is 0 Å². The number of rotatable bonds is 15. The molecule has 1 unspecified atom stereocenters.